The quantitative estimate of drug-likeness (QED) is 0.682. The van der Waals surface area contributed by atoms with E-state index in [9.17, 15) is 4.79 Å². The van der Waals surface area contributed by atoms with Crippen molar-refractivity contribution in [3.8, 4) is 0 Å². The Bertz CT molecular complexity index is 551. The van der Waals surface area contributed by atoms with Gasteiger partial charge >= 0.3 is 0 Å². The molecule has 4 aliphatic carbocycles. The van der Waals surface area contributed by atoms with E-state index >= 15 is 0 Å². The van der Waals surface area contributed by atoms with Gasteiger partial charge in [0.1, 0.15) is 5.78 Å². The van der Waals surface area contributed by atoms with Gasteiger partial charge < -0.3 is 9.47 Å². The lowest BCUT2D eigenvalue weighted by atomic mass is 9.49. The summed E-state index contributed by atoms with van der Waals surface area (Å²) >= 11 is 0. The molecule has 0 unspecified atom stereocenters. The number of Topliss-reactive ketones (excluding diaryl/α,β-unsaturated/α-hetero) is 1. The second-order valence-corrected chi connectivity index (χ2v) is 9.35. The van der Waals surface area contributed by atoms with Gasteiger partial charge in [0.05, 0.1) is 13.2 Å². The second kappa shape index (κ2) is 3.80. The highest BCUT2D eigenvalue weighted by Gasteiger charge is 2.81. The summed E-state index contributed by atoms with van der Waals surface area (Å²) in [5.41, 5.74) is 0.509. The molecule has 0 aromatic rings. The lowest BCUT2D eigenvalue weighted by Gasteiger charge is -2.53. The van der Waals surface area contributed by atoms with Crippen molar-refractivity contribution >= 4 is 5.78 Å². The first kappa shape index (κ1) is 14.0. The Kier molecular flexibility index (Phi) is 2.42. The van der Waals surface area contributed by atoms with Gasteiger partial charge in [-0.15, -0.1) is 0 Å². The van der Waals surface area contributed by atoms with Crippen LogP contribution < -0.4 is 0 Å². The number of carbonyl (C=O) groups excluding carboxylic acids is 1. The molecule has 1 aliphatic heterocycles. The van der Waals surface area contributed by atoms with Gasteiger partial charge in [-0.25, -0.2) is 0 Å². The maximum Gasteiger partial charge on any atom is 0.169 e. The lowest BCUT2D eigenvalue weighted by molar-refractivity contribution is -0.171. The minimum Gasteiger partial charge on any atom is -0.347 e. The molecule has 22 heavy (non-hydrogen) atoms. The Balaban J connectivity index is 1.69. The number of ketones is 1. The molecule has 3 spiro atoms. The molecule has 0 bridgehead atoms. The number of hydrogen-bond donors (Lipinski definition) is 0. The van der Waals surface area contributed by atoms with E-state index in [-0.39, 0.29) is 27.4 Å². The summed E-state index contributed by atoms with van der Waals surface area (Å²) < 4.78 is 12.2. The van der Waals surface area contributed by atoms with Crippen LogP contribution in [0.15, 0.2) is 0 Å². The Labute approximate surface area is 133 Å². The van der Waals surface area contributed by atoms with Crippen LogP contribution in [-0.4, -0.2) is 24.8 Å². The molecule has 4 saturated carbocycles. The van der Waals surface area contributed by atoms with E-state index in [1.54, 1.807) is 0 Å². The molecule has 0 aromatic carbocycles. The molecule has 3 heteroatoms. The highest BCUT2D eigenvalue weighted by Crippen LogP contribution is 2.84. The minimum atomic E-state index is -0.370. The van der Waals surface area contributed by atoms with Gasteiger partial charge in [0, 0.05) is 24.7 Å². The first-order chi connectivity index (χ1) is 10.4. The maximum absolute atomic E-state index is 13.3. The van der Waals surface area contributed by atoms with E-state index in [0.717, 1.165) is 45.3 Å². The summed E-state index contributed by atoms with van der Waals surface area (Å²) in [7, 11) is 0. The molecule has 5 rings (SSSR count). The Morgan fingerprint density at radius 2 is 1.59 bits per heavy atom. The van der Waals surface area contributed by atoms with Crippen LogP contribution in [0.4, 0.5) is 0 Å². The normalized spacial score (nSPS) is 55.5. The number of hydrogen-bond acceptors (Lipinski definition) is 3. The average Bonchev–Trinajstić information content (AvgIpc) is 3.12. The first-order valence-electron chi connectivity index (χ1n) is 9.23. The van der Waals surface area contributed by atoms with Crippen molar-refractivity contribution < 1.29 is 14.3 Å². The monoisotopic (exact) mass is 304 g/mol. The van der Waals surface area contributed by atoms with Crippen LogP contribution >= 0.6 is 0 Å². The topological polar surface area (TPSA) is 35.5 Å². The van der Waals surface area contributed by atoms with E-state index in [2.05, 4.69) is 13.8 Å². The first-order valence-corrected chi connectivity index (χ1v) is 9.23. The van der Waals surface area contributed by atoms with Crippen molar-refractivity contribution in [3.05, 3.63) is 0 Å². The third-order valence-electron chi connectivity index (χ3n) is 8.81. The van der Waals surface area contributed by atoms with Crippen LogP contribution in [0.1, 0.15) is 71.6 Å². The third kappa shape index (κ3) is 1.22. The maximum atomic E-state index is 13.3. The van der Waals surface area contributed by atoms with Crippen LogP contribution in [0.5, 0.6) is 0 Å². The largest absolute Gasteiger partial charge is 0.347 e. The number of carbonyl (C=O) groups is 1. The minimum absolute atomic E-state index is 0.0776. The zero-order valence-corrected chi connectivity index (χ0v) is 14.0. The molecule has 0 radical (unpaired) electrons. The summed E-state index contributed by atoms with van der Waals surface area (Å²) in [6.07, 6.45) is 9.86. The molecule has 4 atom stereocenters. The van der Waals surface area contributed by atoms with Crippen molar-refractivity contribution in [2.75, 3.05) is 13.2 Å². The Morgan fingerprint density at radius 3 is 2.36 bits per heavy atom. The molecule has 122 valence electrons. The molecular weight excluding hydrogens is 276 g/mol. The number of rotatable bonds is 0. The molecule has 0 aromatic heterocycles. The van der Waals surface area contributed by atoms with E-state index in [4.69, 9.17) is 9.47 Å². The van der Waals surface area contributed by atoms with Gasteiger partial charge in [-0.05, 0) is 54.8 Å². The predicted octanol–water partition coefficient (Wildman–Crippen LogP) is 3.85. The molecule has 5 fully saturated rings. The van der Waals surface area contributed by atoms with Gasteiger partial charge in [0.15, 0.2) is 5.79 Å². The molecule has 0 N–H and O–H groups in total. The summed E-state index contributed by atoms with van der Waals surface area (Å²) in [5, 5.41) is 0. The van der Waals surface area contributed by atoms with Crippen molar-refractivity contribution in [2.45, 2.75) is 77.4 Å². The lowest BCUT2D eigenvalue weighted by Crippen LogP contribution is -2.53. The zero-order valence-electron chi connectivity index (χ0n) is 14.0. The molecule has 1 saturated heterocycles. The van der Waals surface area contributed by atoms with Gasteiger partial charge in [0.2, 0.25) is 0 Å². The van der Waals surface area contributed by atoms with Gasteiger partial charge in [-0.3, -0.25) is 4.79 Å². The van der Waals surface area contributed by atoms with Gasteiger partial charge in [-0.2, -0.15) is 0 Å². The smallest absolute Gasteiger partial charge is 0.169 e. The summed E-state index contributed by atoms with van der Waals surface area (Å²) in [6, 6.07) is 0. The highest BCUT2D eigenvalue weighted by molar-refractivity contribution is 5.89. The van der Waals surface area contributed by atoms with Crippen LogP contribution in [0, 0.1) is 21.7 Å². The summed E-state index contributed by atoms with van der Waals surface area (Å²) in [6.45, 7) is 6.32. The predicted molar refractivity (Wildman–Crippen MR) is 82.3 cm³/mol. The van der Waals surface area contributed by atoms with E-state index in [1.165, 1.54) is 25.7 Å². The van der Waals surface area contributed by atoms with Gasteiger partial charge in [-0.1, -0.05) is 13.8 Å². The Morgan fingerprint density at radius 1 is 0.864 bits per heavy atom. The van der Waals surface area contributed by atoms with Crippen molar-refractivity contribution in [3.63, 3.8) is 0 Å². The molecule has 1 heterocycles. The third-order valence-corrected chi connectivity index (χ3v) is 8.81. The fraction of sp³-hybridized carbons (Fsp3) is 0.947. The van der Waals surface area contributed by atoms with E-state index < -0.39 is 0 Å². The Hall–Kier alpha value is -0.410. The van der Waals surface area contributed by atoms with Gasteiger partial charge in [0.25, 0.3) is 0 Å². The zero-order chi connectivity index (χ0) is 15.3. The van der Waals surface area contributed by atoms with Crippen molar-refractivity contribution in [2.24, 2.45) is 21.7 Å². The number of ether oxygens (including phenoxy) is 2. The van der Waals surface area contributed by atoms with E-state index in [0.29, 0.717) is 5.78 Å². The molecular formula is C19H28O3. The molecule has 5 aliphatic rings. The standard InChI is InChI=1S/C19H28O3/c1-15-5-3-4-14(20)19(15)9-7-16(2)12-18(21-10-11-22-18)13-17(16,19)8-6-15/h3-13H2,1-2H3/t15-,16+,17-,19-/m1/s1. The van der Waals surface area contributed by atoms with E-state index in [1.807, 2.05) is 0 Å². The SMILES string of the molecule is C[C@@]12CC[C@@]34C(=O)CCC[C@]3(C)CC[C@@]14CC1(C2)OCCO1. The summed E-state index contributed by atoms with van der Waals surface area (Å²) in [4.78, 5) is 13.3. The van der Waals surface area contributed by atoms with Crippen LogP contribution in [0.3, 0.4) is 0 Å². The van der Waals surface area contributed by atoms with Crippen LogP contribution in [0.25, 0.3) is 0 Å². The average molecular weight is 304 g/mol. The fourth-order valence-electron chi connectivity index (χ4n) is 8.02. The second-order valence-electron chi connectivity index (χ2n) is 9.35. The van der Waals surface area contributed by atoms with Crippen molar-refractivity contribution in [1.29, 1.82) is 0 Å². The highest BCUT2D eigenvalue weighted by atomic mass is 16.7. The fourth-order valence-corrected chi connectivity index (χ4v) is 8.02. The molecule has 3 nitrogen and oxygen atoms in total. The van der Waals surface area contributed by atoms with Crippen LogP contribution in [-0.2, 0) is 14.3 Å². The summed E-state index contributed by atoms with van der Waals surface area (Å²) in [5.74, 6) is 0.211. The van der Waals surface area contributed by atoms with Crippen LogP contribution in [0.2, 0.25) is 0 Å². The molecule has 0 amide bonds. The van der Waals surface area contributed by atoms with Crippen molar-refractivity contribution in [1.82, 2.24) is 0 Å².